The lowest BCUT2D eigenvalue weighted by Gasteiger charge is -2.32. The van der Waals surface area contributed by atoms with Crippen LogP contribution < -0.4 is 49.5 Å². The van der Waals surface area contributed by atoms with Crippen molar-refractivity contribution in [3.63, 3.8) is 0 Å². The van der Waals surface area contributed by atoms with Gasteiger partial charge in [-0.2, -0.15) is 0 Å². The Morgan fingerprint density at radius 2 is 1.48 bits per heavy atom. The van der Waals surface area contributed by atoms with E-state index in [2.05, 4.69) is 64.7 Å². The number of carbonyl (C=O) groups is 3. The van der Waals surface area contributed by atoms with E-state index in [1.165, 1.54) is 0 Å². The number of amides is 3. The van der Waals surface area contributed by atoms with Gasteiger partial charge in [-0.25, -0.2) is 0 Å². The molecule has 14 heteroatoms. The van der Waals surface area contributed by atoms with Crippen molar-refractivity contribution in [2.24, 2.45) is 28.3 Å². The molecule has 0 fully saturated rings. The van der Waals surface area contributed by atoms with Gasteiger partial charge < -0.3 is 54.9 Å². The van der Waals surface area contributed by atoms with Crippen LogP contribution in [-0.4, -0.2) is 55.4 Å². The number of unbranched alkanes of at least 4 members (excludes halogenated alkanes) is 3. The Kier molecular flexibility index (Phi) is 22.6. The third-order valence-corrected chi connectivity index (χ3v) is 12.3. The first-order chi connectivity index (χ1) is 31.4. The summed E-state index contributed by atoms with van der Waals surface area (Å²) in [7, 11) is 0. The minimum absolute atomic E-state index is 0.0220. The number of nitrogens with two attached hydrogens (primary N) is 4. The van der Waals surface area contributed by atoms with E-state index < -0.39 is 17.5 Å². The van der Waals surface area contributed by atoms with Crippen LogP contribution in [0.5, 0.6) is 0 Å². The monoisotopic (exact) mass is 921 g/mol. The summed E-state index contributed by atoms with van der Waals surface area (Å²) in [6.45, 7) is 15.0. The Bertz CT molecular complexity index is 2170. The molecule has 1 unspecified atom stereocenters. The first kappa shape index (κ1) is 54.3. The zero-order valence-corrected chi connectivity index (χ0v) is 41.2. The van der Waals surface area contributed by atoms with Crippen LogP contribution >= 0.6 is 11.8 Å². The van der Waals surface area contributed by atoms with Crippen LogP contribution in [0.15, 0.2) is 114 Å². The summed E-state index contributed by atoms with van der Waals surface area (Å²) in [5.41, 5.74) is 30.8. The van der Waals surface area contributed by atoms with Gasteiger partial charge in [0.15, 0.2) is 0 Å². The molecule has 14 N–H and O–H groups in total. The van der Waals surface area contributed by atoms with Crippen LogP contribution in [0.1, 0.15) is 126 Å². The summed E-state index contributed by atoms with van der Waals surface area (Å²) >= 11 is 1.64. The number of hydrogen-bond acceptors (Lipinski definition) is 11. The molecule has 3 rings (SSSR count). The smallest absolute Gasteiger partial charge is 0.247 e. The average Bonchev–Trinajstić information content (AvgIpc) is 3.28. The molecule has 3 aromatic carbocycles. The number of thioether (sulfide) groups is 1. The molecule has 0 radical (unpaired) electrons. The second-order valence-corrected chi connectivity index (χ2v) is 18.6. The molecule has 0 aromatic heterocycles. The fraction of sp³-hybridized carbons (Fsp3) is 0.423. The predicted molar refractivity (Wildman–Crippen MR) is 275 cm³/mol. The van der Waals surface area contributed by atoms with Crippen molar-refractivity contribution >= 4 is 46.3 Å². The minimum Gasteiger partial charge on any atom is -0.401 e. The first-order valence-corrected chi connectivity index (χ1v) is 24.2. The van der Waals surface area contributed by atoms with Crippen molar-refractivity contribution < 1.29 is 14.4 Å². The quantitative estimate of drug-likeness (QED) is 0.0216. The van der Waals surface area contributed by atoms with Crippen LogP contribution in [0.3, 0.4) is 0 Å². The van der Waals surface area contributed by atoms with E-state index in [-0.39, 0.29) is 35.6 Å². The molecule has 0 heterocycles. The van der Waals surface area contributed by atoms with Crippen molar-refractivity contribution in [3.05, 3.63) is 142 Å². The van der Waals surface area contributed by atoms with Gasteiger partial charge >= 0.3 is 0 Å². The van der Waals surface area contributed by atoms with Gasteiger partial charge in [0.05, 0.1) is 0 Å². The molecule has 13 nitrogen and oxygen atoms in total. The molecule has 3 aromatic rings. The second-order valence-electron chi connectivity index (χ2n) is 17.8. The van der Waals surface area contributed by atoms with Gasteiger partial charge in [0.2, 0.25) is 17.7 Å². The Labute approximate surface area is 398 Å². The van der Waals surface area contributed by atoms with Crippen molar-refractivity contribution in [2.45, 2.75) is 118 Å². The highest BCUT2D eigenvalue weighted by atomic mass is 32.2. The van der Waals surface area contributed by atoms with Gasteiger partial charge in [-0.1, -0.05) is 126 Å². The normalized spacial score (nSPS) is 14.2. The molecule has 66 heavy (non-hydrogen) atoms. The molecule has 4 atom stereocenters. The molecule has 358 valence electrons. The highest BCUT2D eigenvalue weighted by molar-refractivity contribution is 8.07. The molecule has 0 aliphatic rings. The maximum Gasteiger partial charge on any atom is 0.247 e. The van der Waals surface area contributed by atoms with Gasteiger partial charge in [0, 0.05) is 77.0 Å². The lowest BCUT2D eigenvalue weighted by Crippen LogP contribution is -2.56. The van der Waals surface area contributed by atoms with Crippen molar-refractivity contribution in [1.82, 2.24) is 26.6 Å². The average molecular weight is 921 g/mol. The molecule has 0 spiro atoms. The Morgan fingerprint density at radius 1 is 0.833 bits per heavy atom. The van der Waals surface area contributed by atoms with E-state index in [4.69, 9.17) is 28.3 Å². The molecular formula is C52H76N10O3S. The number of aryl methyl sites for hydroxylation is 1. The topological polar surface area (TPSA) is 239 Å². The number of allylic oxidation sites excluding steroid dienone is 4. The second kappa shape index (κ2) is 27.5. The fourth-order valence-corrected chi connectivity index (χ4v) is 8.21. The van der Waals surface area contributed by atoms with E-state index >= 15 is 0 Å². The summed E-state index contributed by atoms with van der Waals surface area (Å²) < 4.78 is 0. The zero-order chi connectivity index (χ0) is 48.8. The minimum atomic E-state index is -0.770. The number of benzene rings is 3. The van der Waals surface area contributed by atoms with Gasteiger partial charge in [0.1, 0.15) is 17.9 Å². The van der Waals surface area contributed by atoms with Crippen LogP contribution in [-0.2, 0) is 14.4 Å². The molecule has 0 aliphatic carbocycles. The SMILES string of the molecule is CCC[C@@H](CN[C@@H](C)c1ccc(/C(SC)=C(\C)N)cc1)NC(=O)[C@@H](NC(=O)CCCCCCNC(=O)C(N/C=C(\C=N)C(/C=C(\N)c1ccccc1C)=C(N)N)c1ccccc1)C(C)(C)C. The summed E-state index contributed by atoms with van der Waals surface area (Å²) in [5, 5.41) is 24.2. The number of nitrogens with one attached hydrogen (secondary N) is 6. The Balaban J connectivity index is 1.52. The van der Waals surface area contributed by atoms with Crippen LogP contribution in [0.4, 0.5) is 0 Å². The van der Waals surface area contributed by atoms with Crippen molar-refractivity contribution in [1.29, 1.82) is 5.41 Å². The van der Waals surface area contributed by atoms with Crippen LogP contribution in [0.25, 0.3) is 10.6 Å². The van der Waals surface area contributed by atoms with E-state index in [1.54, 1.807) is 24.0 Å². The molecule has 0 saturated heterocycles. The van der Waals surface area contributed by atoms with Gasteiger partial charge in [-0.05, 0) is 80.0 Å². The Morgan fingerprint density at radius 3 is 2.08 bits per heavy atom. The van der Waals surface area contributed by atoms with E-state index in [1.807, 2.05) is 95.5 Å². The summed E-state index contributed by atoms with van der Waals surface area (Å²) in [6, 6.07) is 23.8. The lowest BCUT2D eigenvalue weighted by atomic mass is 9.85. The highest BCUT2D eigenvalue weighted by Crippen LogP contribution is 2.28. The van der Waals surface area contributed by atoms with Gasteiger partial charge in [-0.15, -0.1) is 11.8 Å². The van der Waals surface area contributed by atoms with Gasteiger partial charge in [0.25, 0.3) is 0 Å². The maximum atomic E-state index is 13.8. The number of carbonyl (C=O) groups excluding carboxylic acids is 3. The molecular weight excluding hydrogens is 845 g/mol. The third kappa shape index (κ3) is 17.4. The first-order valence-electron chi connectivity index (χ1n) is 22.9. The van der Waals surface area contributed by atoms with Crippen molar-refractivity contribution in [2.75, 3.05) is 19.3 Å². The number of hydrogen-bond donors (Lipinski definition) is 10. The van der Waals surface area contributed by atoms with Crippen molar-refractivity contribution in [3.8, 4) is 0 Å². The predicted octanol–water partition coefficient (Wildman–Crippen LogP) is 7.53. The number of rotatable bonds is 26. The molecule has 0 bridgehead atoms. The molecule has 0 aliphatic heterocycles. The fourth-order valence-electron chi connectivity index (χ4n) is 7.51. The Hall–Kier alpha value is -5.99. The van der Waals surface area contributed by atoms with Gasteiger partial charge in [-0.3, -0.25) is 14.4 Å². The summed E-state index contributed by atoms with van der Waals surface area (Å²) in [5.74, 6) is -0.621. The lowest BCUT2D eigenvalue weighted by molar-refractivity contribution is -0.132. The summed E-state index contributed by atoms with van der Waals surface area (Å²) in [6.07, 6.45) is 11.2. The largest absolute Gasteiger partial charge is 0.401 e. The summed E-state index contributed by atoms with van der Waals surface area (Å²) in [4.78, 5) is 41.6. The van der Waals surface area contributed by atoms with E-state index in [0.717, 1.165) is 70.3 Å². The van der Waals surface area contributed by atoms with E-state index in [9.17, 15) is 14.4 Å². The third-order valence-electron chi connectivity index (χ3n) is 11.3. The molecule has 0 saturated carbocycles. The van der Waals surface area contributed by atoms with E-state index in [0.29, 0.717) is 49.2 Å². The molecule has 3 amide bonds. The standard InChI is InChI=1S/C52H76N10O3S/c1-9-19-41(33-59-36(4)37-25-27-39(28-26-37)47(66-8)35(3)54)61-51(65)48(52(5,6)7)62-45(63)24-15-10-11-18-29-58-50(64)46(38-21-13-12-14-22-38)60-32-40(31-53)43(49(56)57)30-44(55)42-23-17-16-20-34(42)2/h12-14,16-17,20-23,25-28,30-32,36,41,46,48,53,59-60H,9-11,15,18-19,24,29,33,54-57H2,1-8H3,(H,58,64)(H,61,65)(H,62,63)/b40-32+,44-30-,47-35-,53-31?/t36-,41-,46?,48+/m0/s1. The highest BCUT2D eigenvalue weighted by Gasteiger charge is 2.33. The zero-order valence-electron chi connectivity index (χ0n) is 40.4. The maximum absolute atomic E-state index is 13.8. The van der Waals surface area contributed by atoms with Crippen LogP contribution in [0, 0.1) is 17.7 Å². The van der Waals surface area contributed by atoms with Crippen LogP contribution in [0.2, 0.25) is 0 Å².